The normalized spacial score (nSPS) is 34.5. The summed E-state index contributed by atoms with van der Waals surface area (Å²) in [4.78, 5) is 50.2. The third kappa shape index (κ3) is 2.70. The number of fused-ring (bicyclic) bond motifs is 4. The molecule has 6 unspecified atom stereocenters. The Morgan fingerprint density at radius 3 is 2.37 bits per heavy atom. The molecule has 8 heteroatoms. The first-order chi connectivity index (χ1) is 14.5. The van der Waals surface area contributed by atoms with Crippen molar-refractivity contribution in [3.05, 3.63) is 41.5 Å². The first-order valence-corrected chi connectivity index (χ1v) is 10.2. The van der Waals surface area contributed by atoms with Crippen LogP contribution in [-0.4, -0.2) is 41.9 Å². The van der Waals surface area contributed by atoms with Gasteiger partial charge in [0.05, 0.1) is 30.3 Å². The summed E-state index contributed by atoms with van der Waals surface area (Å²) < 4.78 is 5.73. The molecule has 0 spiro atoms. The van der Waals surface area contributed by atoms with E-state index < -0.39 is 29.6 Å². The summed E-state index contributed by atoms with van der Waals surface area (Å²) in [5.74, 6) is -3.48. The molecule has 5 rings (SSSR count). The fourth-order valence-electron chi connectivity index (χ4n) is 5.78. The number of allylic oxidation sites excluding steroid dienone is 2. The maximum atomic E-state index is 12.8. The molecular weight excluding hydrogens is 388 g/mol. The van der Waals surface area contributed by atoms with Gasteiger partial charge in [0, 0.05) is 11.5 Å². The van der Waals surface area contributed by atoms with Crippen LogP contribution in [0, 0.1) is 29.6 Å². The Labute approximate surface area is 172 Å². The van der Waals surface area contributed by atoms with Gasteiger partial charge in [-0.2, -0.15) is 0 Å². The van der Waals surface area contributed by atoms with Crippen LogP contribution in [0.15, 0.2) is 35.9 Å². The van der Waals surface area contributed by atoms with Crippen molar-refractivity contribution < 1.29 is 29.0 Å². The number of benzene rings is 1. The lowest BCUT2D eigenvalue weighted by Gasteiger charge is -2.44. The van der Waals surface area contributed by atoms with Crippen LogP contribution in [0.4, 0.5) is 0 Å². The molecule has 8 nitrogen and oxygen atoms in total. The maximum absolute atomic E-state index is 12.8. The third-order valence-corrected chi connectivity index (χ3v) is 6.94. The Balaban J connectivity index is 1.64. The van der Waals surface area contributed by atoms with Crippen LogP contribution in [-0.2, 0) is 19.2 Å². The van der Waals surface area contributed by atoms with E-state index in [-0.39, 0.29) is 42.8 Å². The van der Waals surface area contributed by atoms with E-state index in [0.29, 0.717) is 18.6 Å². The molecule has 1 aromatic rings. The highest BCUT2D eigenvalue weighted by molar-refractivity contribution is 6.07. The van der Waals surface area contributed by atoms with Crippen LogP contribution in [0.5, 0.6) is 5.75 Å². The molecular formula is C22H22N2O6. The molecule has 2 aliphatic carbocycles. The van der Waals surface area contributed by atoms with E-state index in [1.54, 1.807) is 6.07 Å². The third-order valence-electron chi connectivity index (χ3n) is 6.94. The summed E-state index contributed by atoms with van der Waals surface area (Å²) in [6.45, 7) is -0.0472. The number of aliphatic hydroxyl groups is 1. The number of carbonyl (C=O) groups is 4. The second-order valence-electron chi connectivity index (χ2n) is 8.34. The molecule has 4 aliphatic rings. The lowest BCUT2D eigenvalue weighted by Crippen LogP contribution is -2.43. The van der Waals surface area contributed by atoms with Crippen molar-refractivity contribution in [1.29, 1.82) is 0 Å². The fourth-order valence-corrected chi connectivity index (χ4v) is 5.78. The van der Waals surface area contributed by atoms with Crippen molar-refractivity contribution in [2.45, 2.75) is 18.8 Å². The minimum atomic E-state index is -0.587. The average molecular weight is 410 g/mol. The second-order valence-corrected chi connectivity index (χ2v) is 8.34. The molecule has 6 atom stereocenters. The molecule has 156 valence electrons. The zero-order valence-electron chi connectivity index (χ0n) is 16.2. The van der Waals surface area contributed by atoms with Gasteiger partial charge in [-0.05, 0) is 24.8 Å². The minimum absolute atomic E-state index is 0.104. The van der Waals surface area contributed by atoms with E-state index in [2.05, 4.69) is 10.6 Å². The monoisotopic (exact) mass is 410 g/mol. The van der Waals surface area contributed by atoms with E-state index in [9.17, 15) is 24.3 Å². The maximum Gasteiger partial charge on any atom is 0.231 e. The summed E-state index contributed by atoms with van der Waals surface area (Å²) in [5.41, 5.74) is 1.68. The van der Waals surface area contributed by atoms with Crippen LogP contribution >= 0.6 is 0 Å². The van der Waals surface area contributed by atoms with Gasteiger partial charge in [-0.3, -0.25) is 29.8 Å². The first-order valence-electron chi connectivity index (χ1n) is 10.2. The summed E-state index contributed by atoms with van der Waals surface area (Å²) in [5, 5.41) is 14.1. The minimum Gasteiger partial charge on any atom is -0.491 e. The lowest BCUT2D eigenvalue weighted by atomic mass is 9.57. The average Bonchev–Trinajstić information content (AvgIpc) is 3.19. The molecule has 4 amide bonds. The van der Waals surface area contributed by atoms with Gasteiger partial charge in [0.15, 0.2) is 0 Å². The molecule has 3 fully saturated rings. The zero-order valence-corrected chi connectivity index (χ0v) is 16.2. The van der Waals surface area contributed by atoms with Gasteiger partial charge in [0.25, 0.3) is 0 Å². The van der Waals surface area contributed by atoms with Gasteiger partial charge >= 0.3 is 0 Å². The topological polar surface area (TPSA) is 122 Å². The Hall–Kier alpha value is -3.00. The van der Waals surface area contributed by atoms with Crippen molar-refractivity contribution in [3.8, 4) is 5.75 Å². The molecule has 0 bridgehead atoms. The molecule has 0 aromatic heterocycles. The highest BCUT2D eigenvalue weighted by atomic mass is 16.5. The van der Waals surface area contributed by atoms with E-state index >= 15 is 0 Å². The predicted octanol–water partition coefficient (Wildman–Crippen LogP) is 0.269. The number of nitrogens with one attached hydrogen (secondary N) is 2. The van der Waals surface area contributed by atoms with E-state index in [0.717, 1.165) is 11.1 Å². The quantitative estimate of drug-likeness (QED) is 0.484. The van der Waals surface area contributed by atoms with Crippen molar-refractivity contribution in [2.75, 3.05) is 13.2 Å². The number of rotatable bonds is 4. The molecule has 3 N–H and O–H groups in total. The van der Waals surface area contributed by atoms with Gasteiger partial charge in [-0.1, -0.05) is 29.8 Å². The van der Waals surface area contributed by atoms with Crippen LogP contribution in [0.3, 0.4) is 0 Å². The van der Waals surface area contributed by atoms with Crippen LogP contribution < -0.4 is 15.4 Å². The summed E-state index contributed by atoms with van der Waals surface area (Å²) >= 11 is 0. The number of hydrogen-bond donors (Lipinski definition) is 3. The smallest absolute Gasteiger partial charge is 0.231 e. The fraction of sp³-hybridized carbons (Fsp3) is 0.455. The van der Waals surface area contributed by atoms with Crippen molar-refractivity contribution in [2.24, 2.45) is 29.6 Å². The van der Waals surface area contributed by atoms with Crippen LogP contribution in [0.25, 0.3) is 0 Å². The van der Waals surface area contributed by atoms with Gasteiger partial charge in [0.2, 0.25) is 23.6 Å². The summed E-state index contributed by atoms with van der Waals surface area (Å²) in [6, 6.07) is 7.28. The lowest BCUT2D eigenvalue weighted by molar-refractivity contribution is -0.128. The van der Waals surface area contributed by atoms with E-state index in [1.807, 2.05) is 24.3 Å². The van der Waals surface area contributed by atoms with Crippen molar-refractivity contribution >= 4 is 23.6 Å². The van der Waals surface area contributed by atoms with Gasteiger partial charge in [-0.25, -0.2) is 0 Å². The Bertz CT molecular complexity index is 986. The molecule has 2 heterocycles. The number of ether oxygens (including phenoxy) is 1. The number of amides is 4. The summed E-state index contributed by atoms with van der Waals surface area (Å²) in [7, 11) is 0. The number of para-hydroxylation sites is 1. The first kappa shape index (κ1) is 19.0. The number of hydrogen-bond acceptors (Lipinski definition) is 6. The Morgan fingerprint density at radius 2 is 1.60 bits per heavy atom. The molecule has 30 heavy (non-hydrogen) atoms. The van der Waals surface area contributed by atoms with Crippen LogP contribution in [0.1, 0.15) is 24.3 Å². The largest absolute Gasteiger partial charge is 0.491 e. The second kappa shape index (κ2) is 7.05. The molecule has 1 saturated carbocycles. The van der Waals surface area contributed by atoms with Gasteiger partial charge in [0.1, 0.15) is 12.4 Å². The summed E-state index contributed by atoms with van der Waals surface area (Å²) in [6.07, 6.45) is 2.77. The predicted molar refractivity (Wildman–Crippen MR) is 103 cm³/mol. The number of imide groups is 2. The highest BCUT2D eigenvalue weighted by Gasteiger charge is 2.59. The SMILES string of the molecule is O=C1NC(=O)C2C1CC=C1C2CC2C(=O)NC(=O)C2C1c1ccccc1OCCO. The van der Waals surface area contributed by atoms with Crippen molar-refractivity contribution in [3.63, 3.8) is 0 Å². The standard InChI is InChI=1S/C22H22N2O6/c25-7-8-30-15-4-2-1-3-11(15)16-10-5-6-12-17(21(28)23-19(12)26)13(10)9-14-18(16)22(29)24-20(14)27/h1-5,12-14,16-18,25H,6-9H2,(H,23,26,28)(H,24,27,29). The molecule has 0 radical (unpaired) electrons. The van der Waals surface area contributed by atoms with Crippen LogP contribution in [0.2, 0.25) is 0 Å². The highest BCUT2D eigenvalue weighted by Crippen LogP contribution is 2.56. The number of carbonyl (C=O) groups excluding carboxylic acids is 4. The van der Waals surface area contributed by atoms with Gasteiger partial charge < -0.3 is 9.84 Å². The van der Waals surface area contributed by atoms with E-state index in [1.165, 1.54) is 0 Å². The number of aliphatic hydroxyl groups excluding tert-OH is 1. The Kier molecular flexibility index (Phi) is 4.47. The molecule has 2 aliphatic heterocycles. The Morgan fingerprint density at radius 1 is 0.900 bits per heavy atom. The molecule has 2 saturated heterocycles. The van der Waals surface area contributed by atoms with E-state index in [4.69, 9.17) is 4.74 Å². The van der Waals surface area contributed by atoms with Gasteiger partial charge in [-0.15, -0.1) is 0 Å². The zero-order chi connectivity index (χ0) is 21.0. The van der Waals surface area contributed by atoms with Crippen molar-refractivity contribution in [1.82, 2.24) is 10.6 Å². The molecule has 1 aromatic carbocycles.